The summed E-state index contributed by atoms with van der Waals surface area (Å²) in [7, 11) is 0. The van der Waals surface area contributed by atoms with Crippen molar-refractivity contribution in [3.63, 3.8) is 0 Å². The van der Waals surface area contributed by atoms with E-state index in [0.717, 1.165) is 40.1 Å². The Bertz CT molecular complexity index is 1190. The Morgan fingerprint density at radius 2 is 1.74 bits per heavy atom. The summed E-state index contributed by atoms with van der Waals surface area (Å²) in [6.45, 7) is 9.26. The fraction of sp³-hybridized carbons (Fsp3) is 0.357. The highest BCUT2D eigenvalue weighted by Gasteiger charge is 2.35. The number of hydrogen-bond donors (Lipinski definition) is 1. The number of fused-ring (bicyclic) bond motifs is 1. The summed E-state index contributed by atoms with van der Waals surface area (Å²) >= 11 is 0. The average Bonchev–Trinajstić information content (AvgIpc) is 3.16. The number of amides is 1. The molecule has 1 amide bonds. The van der Waals surface area contributed by atoms with Crippen LogP contribution in [-0.2, 0) is 19.3 Å². The van der Waals surface area contributed by atoms with Crippen LogP contribution in [0.5, 0.6) is 0 Å². The van der Waals surface area contributed by atoms with Crippen LogP contribution in [0.3, 0.4) is 0 Å². The van der Waals surface area contributed by atoms with E-state index < -0.39 is 11.7 Å². The van der Waals surface area contributed by atoms with Crippen LogP contribution in [-0.4, -0.2) is 15.8 Å². The molecule has 4 nitrogen and oxygen atoms in total. The molecule has 4 rings (SSSR count). The Labute approximate surface area is 204 Å². The number of aryl methyl sites for hydroxylation is 1. The minimum atomic E-state index is -4.35. The number of alkyl halides is 3. The predicted octanol–water partition coefficient (Wildman–Crippen LogP) is 6.61. The highest BCUT2D eigenvalue weighted by atomic mass is 19.4. The van der Waals surface area contributed by atoms with E-state index in [1.807, 2.05) is 44.2 Å². The van der Waals surface area contributed by atoms with Crippen molar-refractivity contribution in [2.24, 2.45) is 5.92 Å². The molecule has 0 fully saturated rings. The Hall–Kier alpha value is -3.19. The summed E-state index contributed by atoms with van der Waals surface area (Å²) in [5.41, 5.74) is 4.75. The molecule has 0 saturated heterocycles. The third-order valence-electron chi connectivity index (χ3n) is 6.53. The molecule has 7 heteroatoms. The molecule has 1 aliphatic rings. The van der Waals surface area contributed by atoms with Crippen LogP contribution in [0.25, 0.3) is 0 Å². The lowest BCUT2D eigenvalue weighted by molar-refractivity contribution is -0.137. The summed E-state index contributed by atoms with van der Waals surface area (Å²) in [4.78, 5) is 19.8. The molecule has 2 aromatic carbocycles. The number of carbonyl (C=O) groups excluding carboxylic acids is 1. The van der Waals surface area contributed by atoms with Gasteiger partial charge in [0.25, 0.3) is 5.91 Å². The maximum Gasteiger partial charge on any atom is 0.416 e. The van der Waals surface area contributed by atoms with E-state index in [1.165, 1.54) is 12.1 Å². The topological polar surface area (TPSA) is 45.2 Å². The summed E-state index contributed by atoms with van der Waals surface area (Å²) in [5, 5.41) is 3.04. The van der Waals surface area contributed by atoms with Gasteiger partial charge in [0, 0.05) is 19.3 Å². The SMILES string of the molecule is Cc1ccc([C@@H](C)NC(=O)c2cnc3c(c2)CN(Cc2ccc(C(F)(F)F)cc2)[C@H]3C(C)C)cc1. The van der Waals surface area contributed by atoms with Gasteiger partial charge in [-0.05, 0) is 54.7 Å². The van der Waals surface area contributed by atoms with Gasteiger partial charge in [0.05, 0.1) is 28.9 Å². The first-order valence-corrected chi connectivity index (χ1v) is 11.8. The number of pyridine rings is 1. The number of hydrogen-bond acceptors (Lipinski definition) is 3. The van der Waals surface area contributed by atoms with Crippen molar-refractivity contribution in [1.82, 2.24) is 15.2 Å². The third kappa shape index (κ3) is 5.56. The molecule has 1 aliphatic heterocycles. The van der Waals surface area contributed by atoms with Crippen LogP contribution in [0.2, 0.25) is 0 Å². The molecule has 2 atom stereocenters. The number of halogens is 3. The number of carbonyl (C=O) groups is 1. The first-order chi connectivity index (χ1) is 16.5. The molecule has 0 unspecified atom stereocenters. The molecule has 0 bridgehead atoms. The van der Waals surface area contributed by atoms with E-state index in [0.29, 0.717) is 18.7 Å². The lowest BCUT2D eigenvalue weighted by Crippen LogP contribution is -2.27. The van der Waals surface area contributed by atoms with Crippen molar-refractivity contribution in [2.75, 3.05) is 0 Å². The van der Waals surface area contributed by atoms with Crippen LogP contribution in [0.15, 0.2) is 60.8 Å². The van der Waals surface area contributed by atoms with Crippen molar-refractivity contribution in [1.29, 1.82) is 0 Å². The normalized spacial score (nSPS) is 16.9. The summed E-state index contributed by atoms with van der Waals surface area (Å²) in [6, 6.07) is 15.1. The molecule has 0 radical (unpaired) electrons. The van der Waals surface area contributed by atoms with Crippen molar-refractivity contribution < 1.29 is 18.0 Å². The lowest BCUT2D eigenvalue weighted by Gasteiger charge is -2.27. The van der Waals surface area contributed by atoms with Gasteiger partial charge in [0.1, 0.15) is 0 Å². The quantitative estimate of drug-likeness (QED) is 0.431. The molecule has 0 saturated carbocycles. The van der Waals surface area contributed by atoms with E-state index in [2.05, 4.69) is 29.0 Å². The van der Waals surface area contributed by atoms with E-state index in [4.69, 9.17) is 0 Å². The van der Waals surface area contributed by atoms with E-state index >= 15 is 0 Å². The Balaban J connectivity index is 1.49. The highest BCUT2D eigenvalue weighted by molar-refractivity contribution is 5.94. The molecule has 35 heavy (non-hydrogen) atoms. The van der Waals surface area contributed by atoms with Crippen LogP contribution in [0, 0.1) is 12.8 Å². The summed E-state index contributed by atoms with van der Waals surface area (Å²) in [6.07, 6.45) is -2.73. The molecule has 0 aliphatic carbocycles. The summed E-state index contributed by atoms with van der Waals surface area (Å²) in [5.74, 6) is 0.0649. The largest absolute Gasteiger partial charge is 0.416 e. The van der Waals surface area contributed by atoms with Gasteiger partial charge in [-0.3, -0.25) is 14.7 Å². The molecule has 0 spiro atoms. The van der Waals surface area contributed by atoms with Crippen LogP contribution in [0.4, 0.5) is 13.2 Å². The van der Waals surface area contributed by atoms with Gasteiger partial charge in [-0.25, -0.2) is 0 Å². The minimum Gasteiger partial charge on any atom is -0.345 e. The molecule has 3 aromatic rings. The zero-order chi connectivity index (χ0) is 25.3. The summed E-state index contributed by atoms with van der Waals surface area (Å²) < 4.78 is 38.7. The standard InChI is InChI=1S/C28H30F3N3O/c1-17(2)26-25-23(16-34(26)15-20-7-11-24(12-8-20)28(29,30)31)13-22(14-32-25)27(35)33-19(4)21-9-5-18(3)6-10-21/h5-14,17,19,26H,15-16H2,1-4H3,(H,33,35)/t19-,26+/m1/s1. The molecule has 1 N–H and O–H groups in total. The van der Waals surface area contributed by atoms with Crippen molar-refractivity contribution in [2.45, 2.75) is 59.0 Å². The van der Waals surface area contributed by atoms with Gasteiger partial charge in [-0.1, -0.05) is 55.8 Å². The maximum atomic E-state index is 12.9. The van der Waals surface area contributed by atoms with Gasteiger partial charge < -0.3 is 5.32 Å². The van der Waals surface area contributed by atoms with Crippen LogP contribution < -0.4 is 5.32 Å². The molecular weight excluding hydrogens is 451 g/mol. The molecule has 2 heterocycles. The monoisotopic (exact) mass is 481 g/mol. The fourth-order valence-corrected chi connectivity index (χ4v) is 4.67. The predicted molar refractivity (Wildman–Crippen MR) is 130 cm³/mol. The van der Waals surface area contributed by atoms with Gasteiger partial charge in [0.15, 0.2) is 0 Å². The number of nitrogens with zero attached hydrogens (tertiary/aromatic N) is 2. The number of nitrogens with one attached hydrogen (secondary N) is 1. The van der Waals surface area contributed by atoms with Crippen molar-refractivity contribution >= 4 is 5.91 Å². The third-order valence-corrected chi connectivity index (χ3v) is 6.53. The van der Waals surface area contributed by atoms with Crippen molar-refractivity contribution in [3.8, 4) is 0 Å². The first-order valence-electron chi connectivity index (χ1n) is 11.8. The fourth-order valence-electron chi connectivity index (χ4n) is 4.67. The molecule has 184 valence electrons. The maximum absolute atomic E-state index is 12.9. The van der Waals surface area contributed by atoms with Gasteiger partial charge in [0.2, 0.25) is 0 Å². The Kier molecular flexibility index (Phi) is 6.99. The van der Waals surface area contributed by atoms with E-state index in [-0.39, 0.29) is 23.9 Å². The van der Waals surface area contributed by atoms with E-state index in [9.17, 15) is 18.0 Å². The Morgan fingerprint density at radius 3 is 2.34 bits per heavy atom. The number of aromatic nitrogens is 1. The number of rotatable bonds is 6. The van der Waals surface area contributed by atoms with Gasteiger partial charge >= 0.3 is 6.18 Å². The van der Waals surface area contributed by atoms with E-state index in [1.54, 1.807) is 6.20 Å². The second kappa shape index (κ2) is 9.82. The number of benzene rings is 2. The highest BCUT2D eigenvalue weighted by Crippen LogP contribution is 2.39. The minimum absolute atomic E-state index is 0.0240. The first kappa shape index (κ1) is 24.9. The second-order valence-corrected chi connectivity index (χ2v) is 9.66. The van der Waals surface area contributed by atoms with Crippen LogP contribution >= 0.6 is 0 Å². The van der Waals surface area contributed by atoms with Crippen LogP contribution in [0.1, 0.15) is 76.7 Å². The van der Waals surface area contributed by atoms with Gasteiger partial charge in [-0.15, -0.1) is 0 Å². The lowest BCUT2D eigenvalue weighted by atomic mass is 9.99. The van der Waals surface area contributed by atoms with Gasteiger partial charge in [-0.2, -0.15) is 13.2 Å². The zero-order valence-corrected chi connectivity index (χ0v) is 20.4. The Morgan fingerprint density at radius 1 is 1.09 bits per heavy atom. The average molecular weight is 482 g/mol. The molecular formula is C28H30F3N3O. The van der Waals surface area contributed by atoms with Crippen molar-refractivity contribution in [3.05, 3.63) is 99.9 Å². The zero-order valence-electron chi connectivity index (χ0n) is 20.4. The smallest absolute Gasteiger partial charge is 0.345 e. The molecule has 1 aromatic heterocycles. The second-order valence-electron chi connectivity index (χ2n) is 9.66.